The summed E-state index contributed by atoms with van der Waals surface area (Å²) in [6.45, 7) is 0. The maximum absolute atomic E-state index is 13.7. The van der Waals surface area contributed by atoms with Crippen molar-refractivity contribution in [1.29, 1.82) is 0 Å². The molecule has 0 saturated heterocycles. The highest BCUT2D eigenvalue weighted by Crippen LogP contribution is 2.28. The van der Waals surface area contributed by atoms with Crippen molar-refractivity contribution < 1.29 is 13.9 Å². The molecule has 1 aromatic heterocycles. The Labute approximate surface area is 114 Å². The molecule has 0 bridgehead atoms. The maximum atomic E-state index is 13.7. The molecule has 4 heteroatoms. The number of aliphatic hydroxyl groups excluding tert-OH is 1. The number of aromatic nitrogens is 1. The van der Waals surface area contributed by atoms with Gasteiger partial charge >= 0.3 is 0 Å². The van der Waals surface area contributed by atoms with Crippen molar-refractivity contribution in [2.75, 3.05) is 0 Å². The zero-order chi connectivity index (χ0) is 14.1. The van der Waals surface area contributed by atoms with Crippen molar-refractivity contribution >= 4 is 10.9 Å². The second-order valence-corrected chi connectivity index (χ2v) is 4.49. The lowest BCUT2D eigenvalue weighted by molar-refractivity contribution is 0.209. The number of rotatable bonds is 2. The minimum atomic E-state index is -1.36. The molecule has 0 amide bonds. The van der Waals surface area contributed by atoms with E-state index in [1.165, 1.54) is 6.07 Å². The molecule has 0 radical (unpaired) electrons. The van der Waals surface area contributed by atoms with Crippen LogP contribution in [0.5, 0.6) is 0 Å². The molecule has 20 heavy (non-hydrogen) atoms. The number of aliphatic hydroxyl groups is 1. The molecule has 2 aromatic carbocycles. The summed E-state index contributed by atoms with van der Waals surface area (Å²) >= 11 is 0. The van der Waals surface area contributed by atoms with E-state index in [9.17, 15) is 13.9 Å². The second-order valence-electron chi connectivity index (χ2n) is 4.49. The number of hydrogen-bond donors (Lipinski definition) is 1. The normalized spacial score (nSPS) is 12.6. The molecule has 1 heterocycles. The van der Waals surface area contributed by atoms with E-state index in [0.29, 0.717) is 11.1 Å². The zero-order valence-corrected chi connectivity index (χ0v) is 10.4. The average molecular weight is 271 g/mol. The molecule has 0 saturated carbocycles. The molecule has 3 rings (SSSR count). The predicted octanol–water partition coefficient (Wildman–Crippen LogP) is 3.59. The minimum absolute atomic E-state index is 0.345. The van der Waals surface area contributed by atoms with Crippen LogP contribution in [-0.4, -0.2) is 10.1 Å². The largest absolute Gasteiger partial charge is 0.383 e. The molecule has 1 unspecified atom stereocenters. The summed E-state index contributed by atoms with van der Waals surface area (Å²) in [5.41, 5.74) is 0.726. The quantitative estimate of drug-likeness (QED) is 0.772. The SMILES string of the molecule is OC(c1ccc2cccnc2c1)c1c(F)cccc1F. The van der Waals surface area contributed by atoms with Crippen molar-refractivity contribution in [3.05, 3.63) is 77.5 Å². The van der Waals surface area contributed by atoms with E-state index in [2.05, 4.69) is 4.98 Å². The summed E-state index contributed by atoms with van der Waals surface area (Å²) in [5, 5.41) is 11.1. The molecule has 1 atom stereocenters. The third-order valence-corrected chi connectivity index (χ3v) is 3.22. The first-order chi connectivity index (χ1) is 9.66. The van der Waals surface area contributed by atoms with E-state index in [4.69, 9.17) is 0 Å². The van der Waals surface area contributed by atoms with E-state index in [1.807, 2.05) is 6.07 Å². The van der Waals surface area contributed by atoms with E-state index < -0.39 is 17.7 Å². The van der Waals surface area contributed by atoms with E-state index in [-0.39, 0.29) is 5.56 Å². The second kappa shape index (κ2) is 4.98. The van der Waals surface area contributed by atoms with Crippen LogP contribution in [0.15, 0.2) is 54.7 Å². The van der Waals surface area contributed by atoms with Crippen LogP contribution < -0.4 is 0 Å². The van der Waals surface area contributed by atoms with Gasteiger partial charge in [0.05, 0.1) is 11.1 Å². The molecule has 0 aliphatic heterocycles. The Morgan fingerprint density at radius 3 is 2.45 bits per heavy atom. The van der Waals surface area contributed by atoms with Crippen LogP contribution >= 0.6 is 0 Å². The fourth-order valence-electron chi connectivity index (χ4n) is 2.19. The van der Waals surface area contributed by atoms with Crippen LogP contribution in [0.25, 0.3) is 10.9 Å². The molecular formula is C16H11F2NO. The molecule has 3 aromatic rings. The molecule has 0 aliphatic carbocycles. The van der Waals surface area contributed by atoms with Gasteiger partial charge in [0, 0.05) is 11.6 Å². The van der Waals surface area contributed by atoms with Crippen molar-refractivity contribution in [3.8, 4) is 0 Å². The first kappa shape index (κ1) is 12.7. The summed E-state index contributed by atoms with van der Waals surface area (Å²) in [7, 11) is 0. The molecule has 2 nitrogen and oxygen atoms in total. The van der Waals surface area contributed by atoms with Gasteiger partial charge in [-0.2, -0.15) is 0 Å². The van der Waals surface area contributed by atoms with Gasteiger partial charge in [0.1, 0.15) is 17.7 Å². The monoisotopic (exact) mass is 271 g/mol. The number of benzene rings is 2. The van der Waals surface area contributed by atoms with Crippen LogP contribution in [0.3, 0.4) is 0 Å². The average Bonchev–Trinajstić information content (AvgIpc) is 2.46. The number of fused-ring (bicyclic) bond motifs is 1. The van der Waals surface area contributed by atoms with Gasteiger partial charge in [0.15, 0.2) is 0 Å². The summed E-state index contributed by atoms with van der Waals surface area (Å²) < 4.78 is 27.4. The van der Waals surface area contributed by atoms with Crippen LogP contribution in [0, 0.1) is 11.6 Å². The summed E-state index contributed by atoms with van der Waals surface area (Å²) in [6.07, 6.45) is 0.268. The highest BCUT2D eigenvalue weighted by atomic mass is 19.1. The molecule has 0 spiro atoms. The fraction of sp³-hybridized carbons (Fsp3) is 0.0625. The Morgan fingerprint density at radius 1 is 0.950 bits per heavy atom. The Balaban J connectivity index is 2.10. The minimum Gasteiger partial charge on any atom is -0.383 e. The van der Waals surface area contributed by atoms with Crippen molar-refractivity contribution in [3.63, 3.8) is 0 Å². The van der Waals surface area contributed by atoms with Gasteiger partial charge < -0.3 is 5.11 Å². The number of pyridine rings is 1. The highest BCUT2D eigenvalue weighted by molar-refractivity contribution is 5.79. The first-order valence-corrected chi connectivity index (χ1v) is 6.13. The topological polar surface area (TPSA) is 33.1 Å². The maximum Gasteiger partial charge on any atom is 0.132 e. The smallest absolute Gasteiger partial charge is 0.132 e. The van der Waals surface area contributed by atoms with Crippen LogP contribution in [0.1, 0.15) is 17.2 Å². The van der Waals surface area contributed by atoms with Crippen molar-refractivity contribution in [2.45, 2.75) is 6.10 Å². The van der Waals surface area contributed by atoms with Gasteiger partial charge in [0.2, 0.25) is 0 Å². The third kappa shape index (κ3) is 2.14. The fourth-order valence-corrected chi connectivity index (χ4v) is 2.19. The van der Waals surface area contributed by atoms with Gasteiger partial charge in [-0.25, -0.2) is 8.78 Å². The Morgan fingerprint density at radius 2 is 1.70 bits per heavy atom. The number of halogens is 2. The Hall–Kier alpha value is -2.33. The molecule has 0 aliphatic rings. The van der Waals surface area contributed by atoms with Gasteiger partial charge in [0.25, 0.3) is 0 Å². The standard InChI is InChI=1S/C16H11F2NO/c17-12-4-1-5-13(18)15(12)16(20)11-7-6-10-3-2-8-19-14(10)9-11/h1-9,16,20H. The van der Waals surface area contributed by atoms with Gasteiger partial charge in [-0.1, -0.05) is 24.3 Å². The van der Waals surface area contributed by atoms with Crippen molar-refractivity contribution in [2.24, 2.45) is 0 Å². The Kier molecular flexibility index (Phi) is 3.16. The molecule has 1 N–H and O–H groups in total. The summed E-state index contributed by atoms with van der Waals surface area (Å²) in [6, 6.07) is 12.2. The lowest BCUT2D eigenvalue weighted by Gasteiger charge is -2.13. The number of hydrogen-bond acceptors (Lipinski definition) is 2. The summed E-state index contributed by atoms with van der Waals surface area (Å²) in [4.78, 5) is 4.16. The Bertz CT molecular complexity index is 753. The van der Waals surface area contributed by atoms with Crippen LogP contribution in [-0.2, 0) is 0 Å². The molecule has 0 fully saturated rings. The van der Waals surface area contributed by atoms with E-state index in [0.717, 1.165) is 17.5 Å². The first-order valence-electron chi connectivity index (χ1n) is 6.13. The van der Waals surface area contributed by atoms with Crippen LogP contribution in [0.2, 0.25) is 0 Å². The summed E-state index contributed by atoms with van der Waals surface area (Å²) in [5.74, 6) is -1.53. The number of nitrogens with zero attached hydrogens (tertiary/aromatic N) is 1. The third-order valence-electron chi connectivity index (χ3n) is 3.22. The highest BCUT2D eigenvalue weighted by Gasteiger charge is 2.19. The molecule has 100 valence electrons. The predicted molar refractivity (Wildman–Crippen MR) is 72.2 cm³/mol. The van der Waals surface area contributed by atoms with E-state index in [1.54, 1.807) is 30.5 Å². The van der Waals surface area contributed by atoms with Crippen molar-refractivity contribution in [1.82, 2.24) is 4.98 Å². The zero-order valence-electron chi connectivity index (χ0n) is 10.4. The lowest BCUT2D eigenvalue weighted by Crippen LogP contribution is -2.05. The lowest BCUT2D eigenvalue weighted by atomic mass is 9.99. The molecular weight excluding hydrogens is 260 g/mol. The van der Waals surface area contributed by atoms with Gasteiger partial charge in [-0.15, -0.1) is 0 Å². The van der Waals surface area contributed by atoms with Gasteiger partial charge in [-0.3, -0.25) is 4.98 Å². The van der Waals surface area contributed by atoms with Gasteiger partial charge in [-0.05, 0) is 29.8 Å². The van der Waals surface area contributed by atoms with Crippen LogP contribution in [0.4, 0.5) is 8.78 Å². The van der Waals surface area contributed by atoms with E-state index >= 15 is 0 Å².